The van der Waals surface area contributed by atoms with Crippen LogP contribution in [-0.4, -0.2) is 19.0 Å². The normalized spacial score (nSPS) is 22.9. The summed E-state index contributed by atoms with van der Waals surface area (Å²) >= 11 is 3.01. The van der Waals surface area contributed by atoms with Crippen LogP contribution in [0.15, 0.2) is 22.7 Å². The van der Waals surface area contributed by atoms with E-state index in [9.17, 15) is 18.0 Å². The average molecular weight is 351 g/mol. The summed E-state index contributed by atoms with van der Waals surface area (Å²) in [5.41, 5.74) is -1.05. The number of halogens is 4. The molecule has 3 nitrogen and oxygen atoms in total. The second kappa shape index (κ2) is 5.73. The van der Waals surface area contributed by atoms with Crippen LogP contribution in [0.1, 0.15) is 12.5 Å². The Hall–Kier alpha value is -1.08. The van der Waals surface area contributed by atoms with Gasteiger partial charge >= 0.3 is 6.18 Å². The number of carbonyl (C=O) groups is 1. The lowest BCUT2D eigenvalue weighted by molar-refractivity contribution is -0.137. The van der Waals surface area contributed by atoms with Crippen LogP contribution in [0.5, 0.6) is 0 Å². The highest BCUT2D eigenvalue weighted by molar-refractivity contribution is 9.10. The maximum atomic E-state index is 12.9. The van der Waals surface area contributed by atoms with Gasteiger partial charge in [0.25, 0.3) is 0 Å². The number of hydrogen-bond donors (Lipinski definition) is 2. The van der Waals surface area contributed by atoms with E-state index in [1.807, 2.05) is 6.92 Å². The van der Waals surface area contributed by atoms with Crippen LogP contribution in [0.3, 0.4) is 0 Å². The maximum Gasteiger partial charge on any atom is 0.418 e. The predicted octanol–water partition coefficient (Wildman–Crippen LogP) is 3.26. The Bertz CT molecular complexity index is 519. The van der Waals surface area contributed by atoms with Crippen LogP contribution in [0.2, 0.25) is 0 Å². The third-order valence-corrected chi connectivity index (χ3v) is 3.89. The minimum absolute atomic E-state index is 0.111. The molecule has 110 valence electrons. The first-order valence-electron chi connectivity index (χ1n) is 6.17. The lowest BCUT2D eigenvalue weighted by atomic mass is 9.97. The topological polar surface area (TPSA) is 41.1 Å². The van der Waals surface area contributed by atoms with Gasteiger partial charge in [-0.25, -0.2) is 0 Å². The molecule has 0 saturated carbocycles. The summed E-state index contributed by atoms with van der Waals surface area (Å²) in [5.74, 6) is -0.574. The van der Waals surface area contributed by atoms with Gasteiger partial charge in [-0.3, -0.25) is 4.79 Å². The Morgan fingerprint density at radius 1 is 1.40 bits per heavy atom. The zero-order chi connectivity index (χ0) is 14.9. The second-order valence-corrected chi connectivity index (χ2v) is 5.83. The minimum Gasteiger partial charge on any atom is -0.325 e. The number of benzene rings is 1. The predicted molar refractivity (Wildman–Crippen MR) is 73.3 cm³/mol. The maximum absolute atomic E-state index is 12.9. The zero-order valence-electron chi connectivity index (χ0n) is 10.7. The summed E-state index contributed by atoms with van der Waals surface area (Å²) in [5, 5.41) is 5.45. The Morgan fingerprint density at radius 3 is 2.65 bits per heavy atom. The van der Waals surface area contributed by atoms with E-state index < -0.39 is 11.7 Å². The van der Waals surface area contributed by atoms with Gasteiger partial charge in [-0.2, -0.15) is 13.2 Å². The van der Waals surface area contributed by atoms with Crippen molar-refractivity contribution in [3.63, 3.8) is 0 Å². The van der Waals surface area contributed by atoms with E-state index in [-0.39, 0.29) is 23.4 Å². The zero-order valence-corrected chi connectivity index (χ0v) is 12.3. The molecule has 1 amide bonds. The van der Waals surface area contributed by atoms with E-state index in [0.717, 1.165) is 6.07 Å². The molecule has 2 atom stereocenters. The van der Waals surface area contributed by atoms with Crippen LogP contribution in [0, 0.1) is 11.8 Å². The van der Waals surface area contributed by atoms with Gasteiger partial charge in [0, 0.05) is 11.0 Å². The fourth-order valence-electron chi connectivity index (χ4n) is 2.25. The van der Waals surface area contributed by atoms with Crippen molar-refractivity contribution in [1.82, 2.24) is 5.32 Å². The van der Waals surface area contributed by atoms with Crippen molar-refractivity contribution in [2.75, 3.05) is 18.4 Å². The average Bonchev–Trinajstić information content (AvgIpc) is 2.76. The number of nitrogens with one attached hydrogen (secondary N) is 2. The summed E-state index contributed by atoms with van der Waals surface area (Å²) in [6.07, 6.45) is -4.51. The van der Waals surface area contributed by atoms with Gasteiger partial charge < -0.3 is 10.6 Å². The molecule has 2 rings (SSSR count). The number of anilines is 1. The van der Waals surface area contributed by atoms with Crippen molar-refractivity contribution in [3.05, 3.63) is 28.2 Å². The molecular weight excluding hydrogens is 337 g/mol. The van der Waals surface area contributed by atoms with E-state index in [0.29, 0.717) is 17.6 Å². The fourth-order valence-corrected chi connectivity index (χ4v) is 2.61. The fraction of sp³-hybridized carbons (Fsp3) is 0.462. The number of alkyl halides is 3. The molecule has 0 radical (unpaired) electrons. The number of rotatable bonds is 2. The lowest BCUT2D eigenvalue weighted by Gasteiger charge is -2.18. The molecule has 7 heteroatoms. The van der Waals surface area contributed by atoms with Crippen molar-refractivity contribution in [2.45, 2.75) is 13.1 Å². The minimum atomic E-state index is -4.51. The molecule has 1 aliphatic rings. The van der Waals surface area contributed by atoms with Gasteiger partial charge in [-0.15, -0.1) is 0 Å². The van der Waals surface area contributed by atoms with Crippen molar-refractivity contribution < 1.29 is 18.0 Å². The summed E-state index contributed by atoms with van der Waals surface area (Å²) in [7, 11) is 0. The van der Waals surface area contributed by atoms with Gasteiger partial charge in [-0.1, -0.05) is 22.9 Å². The smallest absolute Gasteiger partial charge is 0.325 e. The van der Waals surface area contributed by atoms with Crippen LogP contribution in [0.25, 0.3) is 0 Å². The molecule has 1 saturated heterocycles. The van der Waals surface area contributed by atoms with Gasteiger partial charge in [0.15, 0.2) is 0 Å². The van der Waals surface area contributed by atoms with Gasteiger partial charge in [0.05, 0.1) is 17.2 Å². The van der Waals surface area contributed by atoms with Crippen LogP contribution in [-0.2, 0) is 11.0 Å². The van der Waals surface area contributed by atoms with Gasteiger partial charge in [0.1, 0.15) is 0 Å². The largest absolute Gasteiger partial charge is 0.418 e. The molecule has 1 aromatic rings. The first-order valence-corrected chi connectivity index (χ1v) is 6.96. The van der Waals surface area contributed by atoms with Crippen molar-refractivity contribution in [2.24, 2.45) is 11.8 Å². The number of amides is 1. The molecule has 2 N–H and O–H groups in total. The highest BCUT2D eigenvalue weighted by atomic mass is 79.9. The highest BCUT2D eigenvalue weighted by Gasteiger charge is 2.35. The molecule has 1 aliphatic heterocycles. The van der Waals surface area contributed by atoms with E-state index in [4.69, 9.17) is 0 Å². The lowest BCUT2D eigenvalue weighted by Crippen LogP contribution is -2.28. The van der Waals surface area contributed by atoms with Crippen LogP contribution < -0.4 is 10.6 Å². The molecule has 2 unspecified atom stereocenters. The standard InChI is InChI=1S/C13H14BrF3N2O/c1-7-5-18-6-9(7)12(20)19-11-3-2-8(14)4-10(11)13(15,16)17/h2-4,7,9,18H,5-6H2,1H3,(H,19,20). The second-order valence-electron chi connectivity index (χ2n) is 4.92. The van der Waals surface area contributed by atoms with Crippen molar-refractivity contribution >= 4 is 27.5 Å². The summed E-state index contributed by atoms with van der Waals surface area (Å²) in [4.78, 5) is 12.1. The Morgan fingerprint density at radius 2 is 2.10 bits per heavy atom. The Balaban J connectivity index is 2.23. The van der Waals surface area contributed by atoms with E-state index in [2.05, 4.69) is 26.6 Å². The molecule has 0 bridgehead atoms. The van der Waals surface area contributed by atoms with Crippen molar-refractivity contribution in [1.29, 1.82) is 0 Å². The molecule has 20 heavy (non-hydrogen) atoms. The van der Waals surface area contributed by atoms with Crippen molar-refractivity contribution in [3.8, 4) is 0 Å². The first-order chi connectivity index (χ1) is 9.29. The summed E-state index contributed by atoms with van der Waals surface area (Å²) < 4.78 is 39.2. The van der Waals surface area contributed by atoms with E-state index in [1.165, 1.54) is 12.1 Å². The molecular formula is C13H14BrF3N2O. The molecule has 1 aromatic carbocycles. The molecule has 0 spiro atoms. The molecule has 1 heterocycles. The third kappa shape index (κ3) is 3.32. The molecule has 1 fully saturated rings. The molecule has 0 aliphatic carbocycles. The van der Waals surface area contributed by atoms with E-state index >= 15 is 0 Å². The first kappa shape index (κ1) is 15.3. The van der Waals surface area contributed by atoms with Gasteiger partial charge in [0.2, 0.25) is 5.91 Å². The van der Waals surface area contributed by atoms with Gasteiger partial charge in [-0.05, 0) is 30.7 Å². The van der Waals surface area contributed by atoms with Crippen LogP contribution >= 0.6 is 15.9 Å². The van der Waals surface area contributed by atoms with Crippen LogP contribution in [0.4, 0.5) is 18.9 Å². The Labute approximate surface area is 123 Å². The summed E-state index contributed by atoms with van der Waals surface area (Å²) in [6.45, 7) is 3.09. The molecule has 0 aromatic heterocycles. The third-order valence-electron chi connectivity index (χ3n) is 3.40. The quantitative estimate of drug-likeness (QED) is 0.859. The SMILES string of the molecule is CC1CNCC1C(=O)Nc1ccc(Br)cc1C(F)(F)F. The van der Waals surface area contributed by atoms with E-state index in [1.54, 1.807) is 0 Å². The summed E-state index contributed by atoms with van der Waals surface area (Å²) in [6, 6.07) is 3.70. The monoisotopic (exact) mass is 350 g/mol. The number of hydrogen-bond acceptors (Lipinski definition) is 2. The highest BCUT2D eigenvalue weighted by Crippen LogP contribution is 2.37. The number of carbonyl (C=O) groups excluding carboxylic acids is 1. The Kier molecular flexibility index (Phi) is 4.39.